The summed E-state index contributed by atoms with van der Waals surface area (Å²) in [4.78, 5) is 20.8. The number of unbranched alkanes of at least 4 members (excludes halogenated alkanes) is 1. The number of nitrogens with one attached hydrogen (secondary N) is 2. The number of carbonyl (C=O) groups excluding carboxylic acids is 1. The zero-order chi connectivity index (χ0) is 16.8. The third-order valence-electron chi connectivity index (χ3n) is 3.42. The van der Waals surface area contributed by atoms with Gasteiger partial charge >= 0.3 is 0 Å². The molecular formula is C17H21ClN4O. The summed E-state index contributed by atoms with van der Waals surface area (Å²) < 4.78 is 0. The second-order valence-corrected chi connectivity index (χ2v) is 5.77. The minimum absolute atomic E-state index is 0.185. The number of aryl methyl sites for hydroxylation is 1. The molecule has 0 aliphatic rings. The van der Waals surface area contributed by atoms with Gasteiger partial charge in [0.05, 0.1) is 0 Å². The van der Waals surface area contributed by atoms with Gasteiger partial charge in [-0.3, -0.25) is 4.79 Å². The third-order valence-corrected chi connectivity index (χ3v) is 3.83. The summed E-state index contributed by atoms with van der Waals surface area (Å²) in [5.41, 5.74) is 2.81. The monoisotopic (exact) mass is 332 g/mol. The van der Waals surface area contributed by atoms with E-state index in [4.69, 9.17) is 11.6 Å². The number of carbonyl (C=O) groups is 1. The topological polar surface area (TPSA) is 66.9 Å². The maximum absolute atomic E-state index is 12.1. The van der Waals surface area contributed by atoms with Crippen molar-refractivity contribution in [3.8, 4) is 0 Å². The molecule has 1 amide bonds. The third kappa shape index (κ3) is 4.66. The SMILES string of the molecule is CCCCNC(=O)c1cc(C)nc(Nc2cccc(Cl)c2C)n1. The van der Waals surface area contributed by atoms with Crippen molar-refractivity contribution < 1.29 is 4.79 Å². The minimum Gasteiger partial charge on any atom is -0.351 e. The van der Waals surface area contributed by atoms with E-state index in [1.807, 2.05) is 32.0 Å². The summed E-state index contributed by atoms with van der Waals surface area (Å²) in [6.07, 6.45) is 1.98. The Bertz CT molecular complexity index is 703. The average molecular weight is 333 g/mol. The van der Waals surface area contributed by atoms with Crippen LogP contribution in [0.3, 0.4) is 0 Å². The molecule has 0 fully saturated rings. The average Bonchev–Trinajstić information content (AvgIpc) is 2.51. The lowest BCUT2D eigenvalue weighted by atomic mass is 10.2. The summed E-state index contributed by atoms with van der Waals surface area (Å²) >= 11 is 6.12. The number of rotatable bonds is 6. The van der Waals surface area contributed by atoms with Crippen LogP contribution in [0, 0.1) is 13.8 Å². The van der Waals surface area contributed by atoms with E-state index in [-0.39, 0.29) is 5.91 Å². The molecule has 0 aliphatic heterocycles. The fourth-order valence-corrected chi connectivity index (χ4v) is 2.25. The zero-order valence-corrected chi connectivity index (χ0v) is 14.4. The van der Waals surface area contributed by atoms with Crippen LogP contribution in [0.25, 0.3) is 0 Å². The van der Waals surface area contributed by atoms with Gasteiger partial charge in [0, 0.05) is 22.9 Å². The Morgan fingerprint density at radius 1 is 1.26 bits per heavy atom. The summed E-state index contributed by atoms with van der Waals surface area (Å²) in [6, 6.07) is 7.25. The number of hydrogen-bond acceptors (Lipinski definition) is 4. The summed E-state index contributed by atoms with van der Waals surface area (Å²) in [7, 11) is 0. The van der Waals surface area contributed by atoms with Crippen LogP contribution in [0.15, 0.2) is 24.3 Å². The first-order valence-corrected chi connectivity index (χ1v) is 8.05. The molecule has 0 atom stereocenters. The van der Waals surface area contributed by atoms with E-state index >= 15 is 0 Å². The highest BCUT2D eigenvalue weighted by Gasteiger charge is 2.11. The lowest BCUT2D eigenvalue weighted by molar-refractivity contribution is 0.0948. The van der Waals surface area contributed by atoms with Crippen molar-refractivity contribution >= 4 is 29.1 Å². The van der Waals surface area contributed by atoms with Gasteiger partial charge in [0.2, 0.25) is 5.95 Å². The molecule has 1 aromatic heterocycles. The molecule has 0 aliphatic carbocycles. The van der Waals surface area contributed by atoms with E-state index in [1.165, 1.54) is 0 Å². The maximum Gasteiger partial charge on any atom is 0.270 e. The normalized spacial score (nSPS) is 10.4. The number of nitrogens with zero attached hydrogens (tertiary/aromatic N) is 2. The second-order valence-electron chi connectivity index (χ2n) is 5.37. The molecule has 1 aromatic carbocycles. The van der Waals surface area contributed by atoms with Crippen LogP contribution in [0.5, 0.6) is 0 Å². The highest BCUT2D eigenvalue weighted by atomic mass is 35.5. The molecular weight excluding hydrogens is 312 g/mol. The number of hydrogen-bond donors (Lipinski definition) is 2. The lowest BCUT2D eigenvalue weighted by Gasteiger charge is -2.11. The van der Waals surface area contributed by atoms with Gasteiger partial charge in [-0.2, -0.15) is 0 Å². The standard InChI is InChI=1S/C17H21ClN4O/c1-4-5-9-19-16(23)15-10-11(2)20-17(22-15)21-14-8-6-7-13(18)12(14)3/h6-8,10H,4-5,9H2,1-3H3,(H,19,23)(H,20,21,22). The number of benzene rings is 1. The van der Waals surface area contributed by atoms with E-state index in [0.717, 1.165) is 29.8 Å². The highest BCUT2D eigenvalue weighted by molar-refractivity contribution is 6.31. The van der Waals surface area contributed by atoms with Gasteiger partial charge in [0.1, 0.15) is 5.69 Å². The Morgan fingerprint density at radius 2 is 2.04 bits per heavy atom. The smallest absolute Gasteiger partial charge is 0.270 e. The molecule has 23 heavy (non-hydrogen) atoms. The molecule has 6 heteroatoms. The predicted molar refractivity (Wildman–Crippen MR) is 93.5 cm³/mol. The summed E-state index contributed by atoms with van der Waals surface area (Å²) in [5.74, 6) is 0.200. The maximum atomic E-state index is 12.1. The van der Waals surface area contributed by atoms with Crippen LogP contribution in [-0.4, -0.2) is 22.4 Å². The molecule has 0 saturated carbocycles. The molecule has 2 N–H and O–H groups in total. The van der Waals surface area contributed by atoms with Crippen LogP contribution in [0.4, 0.5) is 11.6 Å². The van der Waals surface area contributed by atoms with Crippen molar-refractivity contribution in [2.45, 2.75) is 33.6 Å². The van der Waals surface area contributed by atoms with E-state index in [1.54, 1.807) is 6.07 Å². The van der Waals surface area contributed by atoms with Crippen molar-refractivity contribution in [2.75, 3.05) is 11.9 Å². The fraction of sp³-hybridized carbons (Fsp3) is 0.353. The number of aromatic nitrogens is 2. The Labute approximate surface area is 141 Å². The van der Waals surface area contributed by atoms with Crippen molar-refractivity contribution in [3.63, 3.8) is 0 Å². The van der Waals surface area contributed by atoms with Gasteiger partial charge in [0.15, 0.2) is 0 Å². The van der Waals surface area contributed by atoms with Gasteiger partial charge in [-0.05, 0) is 44.0 Å². The van der Waals surface area contributed by atoms with Crippen molar-refractivity contribution in [1.29, 1.82) is 0 Å². The number of halogens is 1. The first kappa shape index (κ1) is 17.2. The summed E-state index contributed by atoms with van der Waals surface area (Å²) in [5, 5.41) is 6.66. The number of amides is 1. The van der Waals surface area contributed by atoms with E-state index in [9.17, 15) is 4.79 Å². The van der Waals surface area contributed by atoms with Crippen LogP contribution in [0.2, 0.25) is 5.02 Å². The van der Waals surface area contributed by atoms with Crippen LogP contribution >= 0.6 is 11.6 Å². The molecule has 0 bridgehead atoms. The lowest BCUT2D eigenvalue weighted by Crippen LogP contribution is -2.25. The Kier molecular flexibility index (Phi) is 5.93. The Balaban J connectivity index is 2.20. The molecule has 0 unspecified atom stereocenters. The largest absolute Gasteiger partial charge is 0.351 e. The van der Waals surface area contributed by atoms with E-state index < -0.39 is 0 Å². The minimum atomic E-state index is -0.185. The molecule has 0 spiro atoms. The molecule has 122 valence electrons. The van der Waals surface area contributed by atoms with Gasteiger partial charge in [-0.15, -0.1) is 0 Å². The van der Waals surface area contributed by atoms with Gasteiger partial charge < -0.3 is 10.6 Å². The van der Waals surface area contributed by atoms with E-state index in [2.05, 4.69) is 27.5 Å². The van der Waals surface area contributed by atoms with Crippen molar-refractivity contribution in [1.82, 2.24) is 15.3 Å². The number of anilines is 2. The highest BCUT2D eigenvalue weighted by Crippen LogP contribution is 2.25. The first-order chi connectivity index (χ1) is 11.0. The van der Waals surface area contributed by atoms with Crippen LogP contribution in [0.1, 0.15) is 41.5 Å². The van der Waals surface area contributed by atoms with E-state index in [0.29, 0.717) is 23.2 Å². The quantitative estimate of drug-likeness (QED) is 0.784. The first-order valence-electron chi connectivity index (χ1n) is 7.67. The molecule has 5 nitrogen and oxygen atoms in total. The van der Waals surface area contributed by atoms with Crippen molar-refractivity contribution in [3.05, 3.63) is 46.2 Å². The van der Waals surface area contributed by atoms with Gasteiger partial charge in [0.25, 0.3) is 5.91 Å². The zero-order valence-electron chi connectivity index (χ0n) is 13.6. The van der Waals surface area contributed by atoms with Crippen molar-refractivity contribution in [2.24, 2.45) is 0 Å². The molecule has 0 radical (unpaired) electrons. The Morgan fingerprint density at radius 3 is 2.78 bits per heavy atom. The Hall–Kier alpha value is -2.14. The van der Waals surface area contributed by atoms with Crippen LogP contribution < -0.4 is 10.6 Å². The second kappa shape index (κ2) is 7.92. The fourth-order valence-electron chi connectivity index (χ4n) is 2.07. The van der Waals surface area contributed by atoms with Gasteiger partial charge in [-0.1, -0.05) is 31.0 Å². The molecule has 2 rings (SSSR count). The molecule has 2 aromatic rings. The van der Waals surface area contributed by atoms with Gasteiger partial charge in [-0.25, -0.2) is 9.97 Å². The summed E-state index contributed by atoms with van der Waals surface area (Å²) in [6.45, 7) is 6.48. The molecule has 0 saturated heterocycles. The predicted octanol–water partition coefficient (Wildman–Crippen LogP) is 4.02. The molecule has 1 heterocycles. The van der Waals surface area contributed by atoms with Crippen LogP contribution in [-0.2, 0) is 0 Å².